The van der Waals surface area contributed by atoms with Gasteiger partial charge in [0.15, 0.2) is 0 Å². The Hall–Kier alpha value is -3.22. The number of rotatable bonds is 4. The van der Waals surface area contributed by atoms with Crippen molar-refractivity contribution in [2.24, 2.45) is 7.05 Å². The molecule has 3 rings (SSSR count). The van der Waals surface area contributed by atoms with Crippen molar-refractivity contribution in [1.29, 1.82) is 0 Å². The molecule has 0 fully saturated rings. The molecule has 3 aromatic heterocycles. The number of pyridine rings is 2. The summed E-state index contributed by atoms with van der Waals surface area (Å²) in [7, 11) is 1.78. The predicted octanol–water partition coefficient (Wildman–Crippen LogP) is 2.32. The number of carboxylic acid groups (broad SMARTS) is 1. The monoisotopic (exact) mass is 295 g/mol. The van der Waals surface area contributed by atoms with Crippen LogP contribution in [0.25, 0.3) is 11.1 Å². The third-order valence-corrected chi connectivity index (χ3v) is 3.22. The van der Waals surface area contributed by atoms with Gasteiger partial charge in [-0.25, -0.2) is 4.79 Å². The van der Waals surface area contributed by atoms with Gasteiger partial charge in [0.25, 0.3) is 0 Å². The second kappa shape index (κ2) is 5.65. The van der Waals surface area contributed by atoms with Crippen LogP contribution in [-0.2, 0) is 7.05 Å². The topological polar surface area (TPSA) is 92.9 Å². The Morgan fingerprint density at radius 3 is 2.73 bits per heavy atom. The molecule has 2 N–H and O–H groups in total. The minimum Gasteiger partial charge on any atom is -0.478 e. The fraction of sp³-hybridized carbons (Fsp3) is 0.0667. The maximum absolute atomic E-state index is 11.3. The first-order chi connectivity index (χ1) is 10.7. The zero-order chi connectivity index (χ0) is 15.5. The molecule has 7 heteroatoms. The lowest BCUT2D eigenvalue weighted by atomic mass is 10.1. The number of nitrogens with one attached hydrogen (secondary N) is 1. The van der Waals surface area contributed by atoms with Crippen LogP contribution >= 0.6 is 0 Å². The van der Waals surface area contributed by atoms with Gasteiger partial charge in [0.2, 0.25) is 0 Å². The van der Waals surface area contributed by atoms with Crippen molar-refractivity contribution >= 4 is 17.5 Å². The fourth-order valence-corrected chi connectivity index (χ4v) is 2.13. The van der Waals surface area contributed by atoms with E-state index in [0.717, 1.165) is 11.1 Å². The Bertz CT molecular complexity index is 814. The van der Waals surface area contributed by atoms with Crippen LogP contribution < -0.4 is 5.32 Å². The second-order valence-corrected chi connectivity index (χ2v) is 4.62. The van der Waals surface area contributed by atoms with Crippen LogP contribution in [0.3, 0.4) is 0 Å². The summed E-state index contributed by atoms with van der Waals surface area (Å²) in [5, 5.41) is 16.6. The highest BCUT2D eigenvalue weighted by atomic mass is 16.4. The van der Waals surface area contributed by atoms with Gasteiger partial charge in [-0.05, 0) is 12.1 Å². The fourth-order valence-electron chi connectivity index (χ4n) is 2.13. The average Bonchev–Trinajstić information content (AvgIpc) is 2.90. The molecule has 0 saturated heterocycles. The zero-order valence-electron chi connectivity index (χ0n) is 11.8. The summed E-state index contributed by atoms with van der Waals surface area (Å²) >= 11 is 0. The highest BCUT2D eigenvalue weighted by molar-refractivity contribution is 5.95. The molecule has 0 saturated carbocycles. The molecule has 22 heavy (non-hydrogen) atoms. The number of carboxylic acids is 1. The maximum Gasteiger partial charge on any atom is 0.337 e. The Kier molecular flexibility index (Phi) is 3.53. The third kappa shape index (κ3) is 2.51. The number of carbonyl (C=O) groups is 1. The summed E-state index contributed by atoms with van der Waals surface area (Å²) in [5.74, 6) is -0.349. The van der Waals surface area contributed by atoms with E-state index in [2.05, 4.69) is 20.4 Å². The number of hydrogen-bond acceptors (Lipinski definition) is 5. The molecule has 0 aliphatic rings. The van der Waals surface area contributed by atoms with Gasteiger partial charge in [0.1, 0.15) is 5.82 Å². The van der Waals surface area contributed by atoms with E-state index in [-0.39, 0.29) is 5.56 Å². The van der Waals surface area contributed by atoms with Crippen LogP contribution in [-0.4, -0.2) is 30.8 Å². The van der Waals surface area contributed by atoms with E-state index in [9.17, 15) is 9.90 Å². The molecule has 0 spiro atoms. The molecule has 0 aromatic carbocycles. The molecule has 0 bridgehead atoms. The number of hydrogen-bond donors (Lipinski definition) is 2. The first kappa shape index (κ1) is 13.7. The Balaban J connectivity index is 2.04. The van der Waals surface area contributed by atoms with E-state index in [1.54, 1.807) is 30.3 Å². The summed E-state index contributed by atoms with van der Waals surface area (Å²) in [5.41, 5.74) is 2.27. The van der Waals surface area contributed by atoms with E-state index < -0.39 is 5.97 Å². The lowest BCUT2D eigenvalue weighted by molar-refractivity contribution is 0.0698. The van der Waals surface area contributed by atoms with Gasteiger partial charge in [-0.3, -0.25) is 14.6 Å². The molecule has 3 heterocycles. The molecule has 0 radical (unpaired) electrons. The molecular weight excluding hydrogens is 282 g/mol. The molecule has 110 valence electrons. The quantitative estimate of drug-likeness (QED) is 0.767. The predicted molar refractivity (Wildman–Crippen MR) is 80.9 cm³/mol. The Labute approximate surface area is 126 Å². The second-order valence-electron chi connectivity index (χ2n) is 4.62. The van der Waals surface area contributed by atoms with Crippen LogP contribution in [0.15, 0.2) is 49.2 Å². The number of aromatic nitrogens is 4. The lowest BCUT2D eigenvalue weighted by Crippen LogP contribution is -2.06. The summed E-state index contributed by atoms with van der Waals surface area (Å²) in [6.07, 6.45) is 8.04. The normalized spacial score (nSPS) is 10.4. The van der Waals surface area contributed by atoms with Gasteiger partial charge in [-0.15, -0.1) is 0 Å². The lowest BCUT2D eigenvalue weighted by Gasteiger charge is -2.11. The Morgan fingerprint density at radius 2 is 2.00 bits per heavy atom. The first-order valence-electron chi connectivity index (χ1n) is 6.53. The molecule has 0 amide bonds. The average molecular weight is 295 g/mol. The highest BCUT2D eigenvalue weighted by Crippen LogP contribution is 2.30. The van der Waals surface area contributed by atoms with Gasteiger partial charge in [-0.1, -0.05) is 6.07 Å². The van der Waals surface area contributed by atoms with E-state index in [0.29, 0.717) is 11.5 Å². The number of nitrogens with zero attached hydrogens (tertiary/aromatic N) is 4. The van der Waals surface area contributed by atoms with Crippen molar-refractivity contribution < 1.29 is 9.90 Å². The van der Waals surface area contributed by atoms with Gasteiger partial charge >= 0.3 is 5.97 Å². The summed E-state index contributed by atoms with van der Waals surface area (Å²) in [4.78, 5) is 19.4. The van der Waals surface area contributed by atoms with Crippen molar-refractivity contribution in [1.82, 2.24) is 19.7 Å². The van der Waals surface area contributed by atoms with Gasteiger partial charge < -0.3 is 10.4 Å². The molecule has 0 aliphatic heterocycles. The Morgan fingerprint density at radius 1 is 1.18 bits per heavy atom. The van der Waals surface area contributed by atoms with E-state index in [1.807, 2.05) is 12.1 Å². The molecule has 0 atom stereocenters. The maximum atomic E-state index is 11.3. The van der Waals surface area contributed by atoms with Gasteiger partial charge in [-0.2, -0.15) is 5.10 Å². The number of aromatic carboxylic acids is 1. The largest absolute Gasteiger partial charge is 0.478 e. The third-order valence-electron chi connectivity index (χ3n) is 3.22. The standard InChI is InChI=1S/C15H13N5O2/c1-20-14(12(8-18-20)10-3-2-5-16-7-10)19-13-9-17-6-4-11(13)15(21)22/h2-9,19H,1H3,(H,21,22). The van der Waals surface area contributed by atoms with Crippen molar-refractivity contribution in [3.63, 3.8) is 0 Å². The van der Waals surface area contributed by atoms with Gasteiger partial charge in [0, 0.05) is 36.8 Å². The molecule has 3 aromatic rings. The van der Waals surface area contributed by atoms with Gasteiger partial charge in [0.05, 0.1) is 23.6 Å². The van der Waals surface area contributed by atoms with Crippen LogP contribution in [0.5, 0.6) is 0 Å². The number of aryl methyl sites for hydroxylation is 1. The molecule has 0 aliphatic carbocycles. The van der Waals surface area contributed by atoms with Crippen molar-refractivity contribution in [2.45, 2.75) is 0 Å². The van der Waals surface area contributed by atoms with E-state index in [1.165, 1.54) is 18.5 Å². The summed E-state index contributed by atoms with van der Waals surface area (Å²) in [6, 6.07) is 5.19. The first-order valence-corrected chi connectivity index (χ1v) is 6.53. The van der Waals surface area contributed by atoms with Crippen LogP contribution in [0.2, 0.25) is 0 Å². The highest BCUT2D eigenvalue weighted by Gasteiger charge is 2.15. The molecule has 0 unspecified atom stereocenters. The van der Waals surface area contributed by atoms with Crippen molar-refractivity contribution in [3.05, 3.63) is 54.7 Å². The van der Waals surface area contributed by atoms with Crippen molar-refractivity contribution in [3.8, 4) is 11.1 Å². The zero-order valence-corrected chi connectivity index (χ0v) is 11.8. The van der Waals surface area contributed by atoms with Crippen LogP contribution in [0, 0.1) is 0 Å². The smallest absolute Gasteiger partial charge is 0.337 e. The van der Waals surface area contributed by atoms with Crippen LogP contribution in [0.1, 0.15) is 10.4 Å². The van der Waals surface area contributed by atoms with E-state index in [4.69, 9.17) is 0 Å². The molecule has 7 nitrogen and oxygen atoms in total. The van der Waals surface area contributed by atoms with E-state index >= 15 is 0 Å². The SMILES string of the molecule is Cn1ncc(-c2cccnc2)c1Nc1cnccc1C(=O)O. The number of anilines is 2. The minimum absolute atomic E-state index is 0.147. The molecular formula is C15H13N5O2. The minimum atomic E-state index is -1.02. The summed E-state index contributed by atoms with van der Waals surface area (Å²) < 4.78 is 1.64. The van der Waals surface area contributed by atoms with Crippen molar-refractivity contribution in [2.75, 3.05) is 5.32 Å². The summed E-state index contributed by atoms with van der Waals surface area (Å²) in [6.45, 7) is 0. The van der Waals surface area contributed by atoms with Crippen LogP contribution in [0.4, 0.5) is 11.5 Å².